The third kappa shape index (κ3) is 2.83. The smallest absolute Gasteiger partial charge is 0.0722 e. The molecule has 0 aliphatic carbocycles. The molecule has 1 aromatic rings. The maximum atomic E-state index is 5.35. The van der Waals surface area contributed by atoms with E-state index in [0.717, 1.165) is 17.4 Å². The Morgan fingerprint density at radius 1 is 1.46 bits per heavy atom. The van der Waals surface area contributed by atoms with Gasteiger partial charge in [0, 0.05) is 6.61 Å². The highest BCUT2D eigenvalue weighted by atomic mass is 28.1. The molecule has 0 aromatic heterocycles. The molecule has 0 atom stereocenters. The molecule has 0 N–H and O–H groups in total. The molecule has 1 rings (SSSR count). The molecule has 1 nitrogen and oxygen atoms in total. The van der Waals surface area contributed by atoms with Crippen molar-refractivity contribution >= 4 is 15.4 Å². The summed E-state index contributed by atoms with van der Waals surface area (Å²) in [5.41, 5.74) is 2.29. The summed E-state index contributed by atoms with van der Waals surface area (Å²) >= 11 is 0. The van der Waals surface area contributed by atoms with Gasteiger partial charge in [0.2, 0.25) is 0 Å². The molecule has 0 heterocycles. The summed E-state index contributed by atoms with van der Waals surface area (Å²) in [5, 5.41) is 0.898. The van der Waals surface area contributed by atoms with Crippen molar-refractivity contribution in [2.24, 2.45) is 0 Å². The van der Waals surface area contributed by atoms with Crippen LogP contribution in [0.15, 0.2) is 30.8 Å². The molecule has 0 bridgehead atoms. The quantitative estimate of drug-likeness (QED) is 0.661. The zero-order valence-corrected chi connectivity index (χ0v) is 8.84. The summed E-state index contributed by atoms with van der Waals surface area (Å²) in [7, 11) is 3.43. The topological polar surface area (TPSA) is 9.23 Å². The first-order valence-corrected chi connectivity index (χ1v) is 4.82. The Kier molecular flexibility index (Phi) is 3.93. The van der Waals surface area contributed by atoms with E-state index in [4.69, 9.17) is 4.74 Å². The summed E-state index contributed by atoms with van der Waals surface area (Å²) in [6.45, 7) is 7.23. The molecule has 1 aromatic carbocycles. The van der Waals surface area contributed by atoms with Gasteiger partial charge < -0.3 is 4.74 Å². The highest BCUT2D eigenvalue weighted by molar-refractivity contribution is 6.41. The van der Waals surface area contributed by atoms with E-state index in [2.05, 4.69) is 22.9 Å². The molecule has 0 spiro atoms. The molecular weight excluding hydrogens is 176 g/mol. The second-order valence-electron chi connectivity index (χ2n) is 2.77. The lowest BCUT2D eigenvalue weighted by Gasteiger charge is -2.08. The fourth-order valence-corrected chi connectivity index (χ4v) is 1.40. The van der Waals surface area contributed by atoms with Crippen LogP contribution in [-0.2, 0) is 11.3 Å². The third-order valence-corrected chi connectivity index (χ3v) is 2.07. The van der Waals surface area contributed by atoms with Gasteiger partial charge in [-0.25, -0.2) is 0 Å². The van der Waals surface area contributed by atoms with Gasteiger partial charge >= 0.3 is 0 Å². The maximum absolute atomic E-state index is 5.35. The van der Waals surface area contributed by atoms with E-state index in [1.165, 1.54) is 5.56 Å². The normalized spacial score (nSPS) is 10.0. The molecule has 0 fully saturated rings. The van der Waals surface area contributed by atoms with E-state index in [-0.39, 0.29) is 0 Å². The summed E-state index contributed by atoms with van der Waals surface area (Å²) < 4.78 is 5.35. The minimum Gasteiger partial charge on any atom is -0.377 e. The van der Waals surface area contributed by atoms with E-state index in [9.17, 15) is 0 Å². The monoisotopic (exact) mass is 189 g/mol. The minimum absolute atomic E-state index is 0.649. The SMILES string of the molecule is C=C([Si])c1ccccc1COCC. The second kappa shape index (κ2) is 4.99. The number of benzene rings is 1. The third-order valence-electron chi connectivity index (χ3n) is 1.80. The van der Waals surface area contributed by atoms with Gasteiger partial charge in [0.1, 0.15) is 0 Å². The number of hydrogen-bond donors (Lipinski definition) is 0. The first kappa shape index (κ1) is 10.2. The molecule has 0 saturated carbocycles. The first-order valence-electron chi connectivity index (χ1n) is 4.32. The fourth-order valence-electron chi connectivity index (χ4n) is 1.15. The molecular formula is C11H13OSi. The largest absolute Gasteiger partial charge is 0.377 e. The van der Waals surface area contributed by atoms with Crippen molar-refractivity contribution in [1.29, 1.82) is 0 Å². The van der Waals surface area contributed by atoms with Crippen LogP contribution in [0.4, 0.5) is 0 Å². The van der Waals surface area contributed by atoms with Crippen LogP contribution in [0.3, 0.4) is 0 Å². The van der Waals surface area contributed by atoms with Crippen LogP contribution in [-0.4, -0.2) is 16.8 Å². The zero-order chi connectivity index (χ0) is 9.68. The highest BCUT2D eigenvalue weighted by Crippen LogP contribution is 2.15. The average Bonchev–Trinajstić information content (AvgIpc) is 2.15. The first-order chi connectivity index (χ1) is 6.25. The van der Waals surface area contributed by atoms with Crippen molar-refractivity contribution < 1.29 is 4.74 Å². The summed E-state index contributed by atoms with van der Waals surface area (Å²) in [4.78, 5) is 0. The number of ether oxygens (including phenoxy) is 1. The van der Waals surface area contributed by atoms with Gasteiger partial charge in [0.15, 0.2) is 0 Å². The highest BCUT2D eigenvalue weighted by Gasteiger charge is 2.00. The predicted octanol–water partition coefficient (Wildman–Crippen LogP) is 2.36. The van der Waals surface area contributed by atoms with Gasteiger partial charge in [0.25, 0.3) is 0 Å². The minimum atomic E-state index is 0.649. The molecule has 3 radical (unpaired) electrons. The van der Waals surface area contributed by atoms with E-state index < -0.39 is 0 Å². The van der Waals surface area contributed by atoms with Crippen LogP contribution < -0.4 is 0 Å². The standard InChI is InChI=1S/C11H13OSi/c1-3-12-8-10-6-4-5-7-11(10)9(2)13/h4-7H,2-3,8H2,1H3. The van der Waals surface area contributed by atoms with E-state index in [1.54, 1.807) is 0 Å². The van der Waals surface area contributed by atoms with E-state index in [0.29, 0.717) is 6.61 Å². The van der Waals surface area contributed by atoms with Crippen LogP contribution in [0, 0.1) is 0 Å². The van der Waals surface area contributed by atoms with Crippen LogP contribution in [0.5, 0.6) is 0 Å². The van der Waals surface area contributed by atoms with Crippen LogP contribution in [0.1, 0.15) is 18.1 Å². The van der Waals surface area contributed by atoms with Crippen molar-refractivity contribution in [2.45, 2.75) is 13.5 Å². The lowest BCUT2D eigenvalue weighted by atomic mass is 10.1. The lowest BCUT2D eigenvalue weighted by molar-refractivity contribution is 0.134. The van der Waals surface area contributed by atoms with Crippen molar-refractivity contribution in [2.75, 3.05) is 6.61 Å². The van der Waals surface area contributed by atoms with Gasteiger partial charge in [-0.2, -0.15) is 0 Å². The Morgan fingerprint density at radius 3 is 2.77 bits per heavy atom. The van der Waals surface area contributed by atoms with Crippen molar-refractivity contribution in [3.63, 3.8) is 0 Å². The Hall–Kier alpha value is -0.863. The second-order valence-corrected chi connectivity index (χ2v) is 3.38. The molecule has 67 valence electrons. The fraction of sp³-hybridized carbons (Fsp3) is 0.273. The average molecular weight is 189 g/mol. The maximum Gasteiger partial charge on any atom is 0.0722 e. The van der Waals surface area contributed by atoms with Crippen molar-refractivity contribution in [1.82, 2.24) is 0 Å². The Labute approximate surface area is 82.9 Å². The van der Waals surface area contributed by atoms with Gasteiger partial charge in [0.05, 0.1) is 16.8 Å². The summed E-state index contributed by atoms with van der Waals surface area (Å²) in [6.07, 6.45) is 0. The van der Waals surface area contributed by atoms with Crippen molar-refractivity contribution in [3.8, 4) is 0 Å². The lowest BCUT2D eigenvalue weighted by Crippen LogP contribution is -1.96. The number of rotatable bonds is 4. The summed E-state index contributed by atoms with van der Waals surface area (Å²) in [5.74, 6) is 0. The molecule has 0 saturated heterocycles. The zero-order valence-electron chi connectivity index (χ0n) is 7.84. The van der Waals surface area contributed by atoms with Gasteiger partial charge in [-0.3, -0.25) is 0 Å². The Bertz CT molecular complexity index is 294. The van der Waals surface area contributed by atoms with Crippen LogP contribution in [0.2, 0.25) is 0 Å². The predicted molar refractivity (Wildman–Crippen MR) is 56.6 cm³/mol. The molecule has 0 aliphatic rings. The molecule has 2 heteroatoms. The Balaban J connectivity index is 2.84. The molecule has 0 unspecified atom stereocenters. The van der Waals surface area contributed by atoms with Gasteiger partial charge in [-0.1, -0.05) is 29.5 Å². The van der Waals surface area contributed by atoms with E-state index >= 15 is 0 Å². The molecule has 0 amide bonds. The molecule has 13 heavy (non-hydrogen) atoms. The van der Waals surface area contributed by atoms with Gasteiger partial charge in [-0.15, -0.1) is 6.58 Å². The van der Waals surface area contributed by atoms with Crippen molar-refractivity contribution in [3.05, 3.63) is 42.0 Å². The Morgan fingerprint density at radius 2 is 2.15 bits per heavy atom. The van der Waals surface area contributed by atoms with Gasteiger partial charge in [-0.05, 0) is 18.1 Å². The number of hydrogen-bond acceptors (Lipinski definition) is 1. The van der Waals surface area contributed by atoms with Crippen LogP contribution >= 0.6 is 0 Å². The van der Waals surface area contributed by atoms with E-state index in [1.807, 2.05) is 25.1 Å². The summed E-state index contributed by atoms with van der Waals surface area (Å²) in [6, 6.07) is 8.09. The molecule has 0 aliphatic heterocycles. The van der Waals surface area contributed by atoms with Crippen LogP contribution in [0.25, 0.3) is 5.20 Å².